The van der Waals surface area contributed by atoms with Gasteiger partial charge >= 0.3 is 0 Å². The van der Waals surface area contributed by atoms with Crippen LogP contribution in [0.3, 0.4) is 0 Å². The van der Waals surface area contributed by atoms with Crippen molar-refractivity contribution in [3.05, 3.63) is 12.2 Å². The summed E-state index contributed by atoms with van der Waals surface area (Å²) in [5, 5.41) is 0.709. The molecule has 0 N–H and O–H groups in total. The highest BCUT2D eigenvalue weighted by Gasteiger charge is 2.60. The molecule has 0 amide bonds. The summed E-state index contributed by atoms with van der Waals surface area (Å²) in [5.74, 6) is 2.11. The highest BCUT2D eigenvalue weighted by molar-refractivity contribution is 7.60. The standard InChI is InChI=1S/C19H31P.C2H6/c1-14-10-13-20-16(14)7-8-17-18(2)11-5-4-6-15(18)9-12-19(17,20)3;1-2/h15-17H,1,4-13H2,2-3H3;1-2H3. The zero-order valence-electron chi connectivity index (χ0n) is 15.5. The van der Waals surface area contributed by atoms with Crippen molar-refractivity contribution in [2.75, 3.05) is 6.16 Å². The fourth-order valence-corrected chi connectivity index (χ4v) is 11.1. The maximum absolute atomic E-state index is 4.42. The Balaban J connectivity index is 0.000000693. The molecule has 0 aromatic rings. The molecule has 0 spiro atoms. The quantitative estimate of drug-likeness (QED) is 0.333. The summed E-state index contributed by atoms with van der Waals surface area (Å²) in [5.41, 5.74) is 3.28. The third-order valence-corrected chi connectivity index (χ3v) is 11.8. The van der Waals surface area contributed by atoms with Crippen molar-refractivity contribution in [2.45, 2.75) is 96.3 Å². The van der Waals surface area contributed by atoms with E-state index in [-0.39, 0.29) is 7.92 Å². The summed E-state index contributed by atoms with van der Waals surface area (Å²) in [6, 6.07) is 0. The van der Waals surface area contributed by atoms with E-state index < -0.39 is 0 Å². The first-order valence-corrected chi connectivity index (χ1v) is 11.6. The minimum Gasteiger partial charge on any atom is -0.0992 e. The minimum atomic E-state index is 0.238. The molecular weight excluding hydrogens is 283 g/mol. The van der Waals surface area contributed by atoms with E-state index in [2.05, 4.69) is 20.4 Å². The van der Waals surface area contributed by atoms with Gasteiger partial charge in [0.05, 0.1) is 0 Å². The van der Waals surface area contributed by atoms with Crippen molar-refractivity contribution in [2.24, 2.45) is 17.3 Å². The Morgan fingerprint density at radius 3 is 2.55 bits per heavy atom. The molecule has 4 fully saturated rings. The number of hydrogen-bond donors (Lipinski definition) is 0. The summed E-state index contributed by atoms with van der Waals surface area (Å²) in [4.78, 5) is 0. The highest BCUT2D eigenvalue weighted by Crippen LogP contribution is 2.75. The van der Waals surface area contributed by atoms with Gasteiger partial charge in [-0.15, -0.1) is 0 Å². The van der Waals surface area contributed by atoms with Gasteiger partial charge in [0, 0.05) is 5.66 Å². The molecule has 6 unspecified atom stereocenters. The van der Waals surface area contributed by atoms with Crippen molar-refractivity contribution < 1.29 is 0 Å². The van der Waals surface area contributed by atoms with E-state index in [1.165, 1.54) is 51.1 Å². The normalized spacial score (nSPS) is 50.3. The average Bonchev–Trinajstić information content (AvgIpc) is 2.91. The molecule has 2 aliphatic heterocycles. The van der Waals surface area contributed by atoms with Crippen LogP contribution in [0.5, 0.6) is 0 Å². The van der Waals surface area contributed by atoms with Gasteiger partial charge < -0.3 is 0 Å². The van der Waals surface area contributed by atoms with Gasteiger partial charge in [0.2, 0.25) is 0 Å². The van der Waals surface area contributed by atoms with Gasteiger partial charge in [0.1, 0.15) is 0 Å². The Hall–Kier alpha value is 0.170. The zero-order chi connectivity index (χ0) is 16.0. The van der Waals surface area contributed by atoms with E-state index in [0.717, 1.165) is 17.5 Å². The summed E-state index contributed by atoms with van der Waals surface area (Å²) in [6.07, 6.45) is 15.1. The van der Waals surface area contributed by atoms with E-state index in [4.69, 9.17) is 0 Å². The Labute approximate surface area is 140 Å². The molecule has 2 heterocycles. The predicted molar refractivity (Wildman–Crippen MR) is 101 cm³/mol. The topological polar surface area (TPSA) is 0 Å². The average molecular weight is 321 g/mol. The summed E-state index contributed by atoms with van der Waals surface area (Å²) in [7, 11) is 0.238. The molecule has 0 nitrogen and oxygen atoms in total. The Bertz CT molecular complexity index is 428. The molecule has 4 rings (SSSR count). The van der Waals surface area contributed by atoms with Crippen LogP contribution in [-0.4, -0.2) is 17.0 Å². The molecule has 2 saturated carbocycles. The third-order valence-electron chi connectivity index (χ3n) is 7.90. The van der Waals surface area contributed by atoms with Gasteiger partial charge in [0.15, 0.2) is 0 Å². The van der Waals surface area contributed by atoms with Gasteiger partial charge in [-0.25, -0.2) is 0 Å². The largest absolute Gasteiger partial charge is 0.0992 e. The van der Waals surface area contributed by atoms with Crippen LogP contribution in [-0.2, 0) is 0 Å². The number of allylic oxidation sites excluding steroid dienone is 1. The number of hydrogen-bond acceptors (Lipinski definition) is 0. The second-order valence-corrected chi connectivity index (χ2v) is 11.6. The van der Waals surface area contributed by atoms with E-state index in [1.807, 2.05) is 13.8 Å². The summed E-state index contributed by atoms with van der Waals surface area (Å²) in [6.45, 7) is 13.8. The molecule has 4 aliphatic rings. The Morgan fingerprint density at radius 2 is 1.77 bits per heavy atom. The fourth-order valence-electron chi connectivity index (χ4n) is 6.80. The molecule has 0 aromatic heterocycles. The van der Waals surface area contributed by atoms with E-state index in [1.54, 1.807) is 18.4 Å². The SMILES string of the molecule is C=C1CCP2C1CCC1C3(C)CCCCC3CCC12C.CC. The lowest BCUT2D eigenvalue weighted by Gasteiger charge is -2.63. The monoisotopic (exact) mass is 320 g/mol. The van der Waals surface area contributed by atoms with Crippen LogP contribution in [0.2, 0.25) is 0 Å². The Morgan fingerprint density at radius 1 is 1.00 bits per heavy atom. The van der Waals surface area contributed by atoms with Crippen LogP contribution in [0.25, 0.3) is 0 Å². The maximum atomic E-state index is 4.42. The minimum absolute atomic E-state index is 0.238. The van der Waals surface area contributed by atoms with Gasteiger partial charge in [-0.3, -0.25) is 0 Å². The van der Waals surface area contributed by atoms with Gasteiger partial charge in [-0.05, 0) is 73.5 Å². The zero-order valence-corrected chi connectivity index (χ0v) is 16.4. The van der Waals surface area contributed by atoms with E-state index in [0.29, 0.717) is 10.6 Å². The van der Waals surface area contributed by atoms with Crippen LogP contribution >= 0.6 is 7.92 Å². The molecule has 6 atom stereocenters. The number of fused-ring (bicyclic) bond motifs is 5. The lowest BCUT2D eigenvalue weighted by Crippen LogP contribution is -2.55. The highest BCUT2D eigenvalue weighted by atomic mass is 31.1. The molecule has 2 aliphatic carbocycles. The molecule has 0 aromatic carbocycles. The molecule has 0 radical (unpaired) electrons. The first-order valence-electron chi connectivity index (χ1n) is 10.00. The molecule has 2 saturated heterocycles. The van der Waals surface area contributed by atoms with Crippen molar-refractivity contribution in [1.82, 2.24) is 0 Å². The van der Waals surface area contributed by atoms with Gasteiger partial charge in [-0.1, -0.05) is 60.6 Å². The van der Waals surface area contributed by atoms with Crippen molar-refractivity contribution in [3.8, 4) is 0 Å². The van der Waals surface area contributed by atoms with Crippen molar-refractivity contribution in [3.63, 3.8) is 0 Å². The van der Waals surface area contributed by atoms with Crippen LogP contribution in [0, 0.1) is 17.3 Å². The lowest BCUT2D eigenvalue weighted by molar-refractivity contribution is -0.0269. The molecule has 1 heteroatoms. The molecule has 0 bridgehead atoms. The van der Waals surface area contributed by atoms with E-state index >= 15 is 0 Å². The summed E-state index contributed by atoms with van der Waals surface area (Å²) < 4.78 is 0. The Kier molecular flexibility index (Phi) is 4.82. The first kappa shape index (κ1) is 17.0. The second-order valence-electron chi connectivity index (χ2n) is 8.59. The molecular formula is C21H37P. The molecule has 126 valence electrons. The lowest BCUT2D eigenvalue weighted by atomic mass is 9.51. The van der Waals surface area contributed by atoms with E-state index in [9.17, 15) is 0 Å². The predicted octanol–water partition coefficient (Wildman–Crippen LogP) is 6.98. The summed E-state index contributed by atoms with van der Waals surface area (Å²) >= 11 is 0. The first-order chi connectivity index (χ1) is 10.6. The van der Waals surface area contributed by atoms with Crippen LogP contribution in [0.15, 0.2) is 12.2 Å². The second kappa shape index (κ2) is 6.23. The number of rotatable bonds is 0. The van der Waals surface area contributed by atoms with Crippen LogP contribution in [0.4, 0.5) is 0 Å². The molecule has 22 heavy (non-hydrogen) atoms. The third kappa shape index (κ3) is 2.35. The van der Waals surface area contributed by atoms with Crippen molar-refractivity contribution >= 4 is 7.92 Å². The van der Waals surface area contributed by atoms with Gasteiger partial charge in [0.25, 0.3) is 0 Å². The fraction of sp³-hybridized carbons (Fsp3) is 0.905. The maximum Gasteiger partial charge on any atom is 0.000321 e. The van der Waals surface area contributed by atoms with Crippen LogP contribution < -0.4 is 0 Å². The van der Waals surface area contributed by atoms with Gasteiger partial charge in [-0.2, -0.15) is 0 Å². The smallest absolute Gasteiger partial charge is 0.000321 e. The van der Waals surface area contributed by atoms with Crippen molar-refractivity contribution in [1.29, 1.82) is 0 Å². The van der Waals surface area contributed by atoms with Crippen LogP contribution in [0.1, 0.15) is 85.5 Å².